The van der Waals surface area contributed by atoms with Crippen LogP contribution in [0.15, 0.2) is 53.4 Å². The number of nitro groups is 1. The molecule has 0 aliphatic heterocycles. The largest absolute Gasteiger partial charge is 0.456 e. The lowest BCUT2D eigenvalue weighted by molar-refractivity contribution is -0.383. The minimum absolute atomic E-state index is 0.116. The van der Waals surface area contributed by atoms with Crippen LogP contribution in [0.3, 0.4) is 0 Å². The zero-order valence-corrected chi connectivity index (χ0v) is 16.9. The number of hydrogen-bond donors (Lipinski definition) is 2. The van der Waals surface area contributed by atoms with E-state index < -0.39 is 63.0 Å². The summed E-state index contributed by atoms with van der Waals surface area (Å²) in [6, 6.07) is 8.80. The molecule has 0 aromatic heterocycles. The van der Waals surface area contributed by atoms with E-state index in [-0.39, 0.29) is 11.4 Å². The minimum Gasteiger partial charge on any atom is -0.456 e. The lowest BCUT2D eigenvalue weighted by Gasteiger charge is -2.13. The summed E-state index contributed by atoms with van der Waals surface area (Å²) in [4.78, 5) is 32.7. The van der Waals surface area contributed by atoms with Crippen LogP contribution in [0.2, 0.25) is 0 Å². The van der Waals surface area contributed by atoms with E-state index in [0.29, 0.717) is 6.07 Å². The smallest absolute Gasteiger partial charge is 0.417 e. The third kappa shape index (κ3) is 6.75. The average Bonchev–Trinajstić information content (AvgIpc) is 2.72. The van der Waals surface area contributed by atoms with Gasteiger partial charge in [-0.25, -0.2) is 13.1 Å². The van der Waals surface area contributed by atoms with E-state index in [2.05, 4.69) is 10.1 Å². The number of ether oxygens (including phenoxy) is 1. The molecule has 0 saturated carbocycles. The Kier molecular flexibility index (Phi) is 7.88. The first-order valence-corrected chi connectivity index (χ1v) is 10.2. The number of benzene rings is 2. The SMILES string of the molecule is O=C(COC(=O)CCNS(=O)(=O)c1ccccc1C(F)(F)F)Nc1ccccc1[N+](=O)[O-]. The maximum Gasteiger partial charge on any atom is 0.417 e. The molecule has 2 aromatic carbocycles. The summed E-state index contributed by atoms with van der Waals surface area (Å²) in [5.74, 6) is -1.90. The molecule has 32 heavy (non-hydrogen) atoms. The van der Waals surface area contributed by atoms with Gasteiger partial charge < -0.3 is 10.1 Å². The Labute approximate surface area is 179 Å². The van der Waals surface area contributed by atoms with Gasteiger partial charge in [0.1, 0.15) is 5.69 Å². The minimum atomic E-state index is -4.90. The van der Waals surface area contributed by atoms with Crippen LogP contribution in [0.25, 0.3) is 0 Å². The number of anilines is 1. The molecule has 1 amide bonds. The zero-order valence-electron chi connectivity index (χ0n) is 16.1. The quantitative estimate of drug-likeness (QED) is 0.322. The highest BCUT2D eigenvalue weighted by molar-refractivity contribution is 7.89. The highest BCUT2D eigenvalue weighted by Crippen LogP contribution is 2.33. The summed E-state index contributed by atoms with van der Waals surface area (Å²) in [6.07, 6.45) is -5.47. The number of para-hydroxylation sites is 2. The topological polar surface area (TPSA) is 145 Å². The number of alkyl halides is 3. The summed E-state index contributed by atoms with van der Waals surface area (Å²) < 4.78 is 69.8. The molecule has 2 N–H and O–H groups in total. The van der Waals surface area contributed by atoms with E-state index in [1.807, 2.05) is 4.72 Å². The Balaban J connectivity index is 1.87. The Morgan fingerprint density at radius 1 is 1.06 bits per heavy atom. The highest BCUT2D eigenvalue weighted by Gasteiger charge is 2.36. The van der Waals surface area contributed by atoms with E-state index in [0.717, 1.165) is 24.3 Å². The van der Waals surface area contributed by atoms with Crippen LogP contribution in [0, 0.1) is 10.1 Å². The van der Waals surface area contributed by atoms with Crippen LogP contribution < -0.4 is 10.0 Å². The number of esters is 1. The molecule has 2 aromatic rings. The monoisotopic (exact) mass is 475 g/mol. The predicted molar refractivity (Wildman–Crippen MR) is 104 cm³/mol. The molecule has 0 radical (unpaired) electrons. The second kappa shape index (κ2) is 10.2. The molecule has 172 valence electrons. The van der Waals surface area contributed by atoms with Crippen molar-refractivity contribution in [2.45, 2.75) is 17.5 Å². The number of nitro benzene ring substituents is 1. The second-order valence-corrected chi connectivity index (χ2v) is 7.86. The second-order valence-electron chi connectivity index (χ2n) is 6.12. The summed E-state index contributed by atoms with van der Waals surface area (Å²) >= 11 is 0. The van der Waals surface area contributed by atoms with Crippen molar-refractivity contribution in [1.82, 2.24) is 4.72 Å². The van der Waals surface area contributed by atoms with Crippen LogP contribution >= 0.6 is 0 Å². The van der Waals surface area contributed by atoms with Crippen molar-refractivity contribution in [3.05, 3.63) is 64.2 Å². The number of nitrogens with zero attached hydrogens (tertiary/aromatic N) is 1. The number of sulfonamides is 1. The summed E-state index contributed by atoms with van der Waals surface area (Å²) in [5, 5.41) is 13.1. The summed E-state index contributed by atoms with van der Waals surface area (Å²) in [7, 11) is -4.58. The average molecular weight is 475 g/mol. The van der Waals surface area contributed by atoms with Gasteiger partial charge in [-0.1, -0.05) is 24.3 Å². The van der Waals surface area contributed by atoms with Gasteiger partial charge in [0.05, 0.1) is 21.8 Å². The first kappa shape index (κ1) is 24.7. The van der Waals surface area contributed by atoms with Gasteiger partial charge in [0.2, 0.25) is 10.0 Å². The van der Waals surface area contributed by atoms with Crippen LogP contribution in [-0.2, 0) is 30.5 Å². The number of amides is 1. The first-order chi connectivity index (χ1) is 14.9. The summed E-state index contributed by atoms with van der Waals surface area (Å²) in [6.45, 7) is -1.40. The van der Waals surface area contributed by atoms with Crippen molar-refractivity contribution in [2.24, 2.45) is 0 Å². The first-order valence-electron chi connectivity index (χ1n) is 8.76. The van der Waals surface area contributed by atoms with Crippen molar-refractivity contribution >= 4 is 33.3 Å². The molecular weight excluding hydrogens is 459 g/mol. The molecule has 14 heteroatoms. The lowest BCUT2D eigenvalue weighted by Crippen LogP contribution is -2.29. The fraction of sp³-hybridized carbons (Fsp3) is 0.222. The molecular formula is C18H16F3N3O7S. The third-order valence-corrected chi connectivity index (χ3v) is 5.36. The van der Waals surface area contributed by atoms with Crippen molar-refractivity contribution in [3.63, 3.8) is 0 Å². The van der Waals surface area contributed by atoms with Crippen molar-refractivity contribution in [3.8, 4) is 0 Å². The van der Waals surface area contributed by atoms with Crippen LogP contribution in [0.4, 0.5) is 24.5 Å². The fourth-order valence-corrected chi connectivity index (χ4v) is 3.70. The van der Waals surface area contributed by atoms with Gasteiger partial charge in [-0.3, -0.25) is 19.7 Å². The Bertz CT molecular complexity index is 1120. The van der Waals surface area contributed by atoms with Crippen LogP contribution in [0.5, 0.6) is 0 Å². The maximum atomic E-state index is 13.0. The van der Waals surface area contributed by atoms with E-state index in [1.165, 1.54) is 18.2 Å². The van der Waals surface area contributed by atoms with Gasteiger partial charge in [-0.05, 0) is 18.2 Å². The van der Waals surface area contributed by atoms with Crippen molar-refractivity contribution < 1.29 is 40.8 Å². The van der Waals surface area contributed by atoms with Gasteiger partial charge >= 0.3 is 12.1 Å². The molecule has 0 atom stereocenters. The van der Waals surface area contributed by atoms with Crippen molar-refractivity contribution in [1.29, 1.82) is 0 Å². The number of hydrogen-bond acceptors (Lipinski definition) is 7. The molecule has 0 unspecified atom stereocenters. The predicted octanol–water partition coefficient (Wildman–Crippen LogP) is 2.46. The standard InChI is InChI=1S/C18H16F3N3O7S/c19-18(20,21)12-5-1-4-8-15(12)32(29,30)22-10-9-17(26)31-11-16(25)23-13-6-2-3-7-14(13)24(27)28/h1-8,22H,9-11H2,(H,23,25). The molecule has 2 rings (SSSR count). The van der Waals surface area contributed by atoms with E-state index >= 15 is 0 Å². The molecule has 0 bridgehead atoms. The third-order valence-electron chi connectivity index (χ3n) is 3.84. The fourth-order valence-electron chi connectivity index (χ4n) is 2.44. The van der Waals surface area contributed by atoms with E-state index in [4.69, 9.17) is 0 Å². The van der Waals surface area contributed by atoms with Crippen LogP contribution in [0.1, 0.15) is 12.0 Å². The van der Waals surface area contributed by atoms with Gasteiger partial charge in [0.25, 0.3) is 11.6 Å². The number of rotatable bonds is 9. The number of carbonyl (C=O) groups excluding carboxylic acids is 2. The Hall–Kier alpha value is -3.52. The van der Waals surface area contributed by atoms with Crippen molar-refractivity contribution in [2.75, 3.05) is 18.5 Å². The number of nitrogens with one attached hydrogen (secondary N) is 2. The molecule has 0 fully saturated rings. The van der Waals surface area contributed by atoms with Gasteiger partial charge in [-0.15, -0.1) is 0 Å². The molecule has 0 aliphatic rings. The normalized spacial score (nSPS) is 11.6. The van der Waals surface area contributed by atoms with E-state index in [1.54, 1.807) is 0 Å². The highest BCUT2D eigenvalue weighted by atomic mass is 32.2. The van der Waals surface area contributed by atoms with Gasteiger partial charge in [0, 0.05) is 12.6 Å². The molecule has 0 saturated heterocycles. The molecule has 0 aliphatic carbocycles. The Morgan fingerprint density at radius 3 is 2.34 bits per heavy atom. The zero-order chi connectivity index (χ0) is 23.9. The number of carbonyl (C=O) groups is 2. The van der Waals surface area contributed by atoms with Gasteiger partial charge in [0.15, 0.2) is 6.61 Å². The number of halogens is 3. The van der Waals surface area contributed by atoms with E-state index in [9.17, 15) is 41.3 Å². The summed E-state index contributed by atoms with van der Waals surface area (Å²) in [5.41, 5.74) is -1.85. The maximum absolute atomic E-state index is 13.0. The van der Waals surface area contributed by atoms with Gasteiger partial charge in [-0.2, -0.15) is 13.2 Å². The molecule has 10 nitrogen and oxygen atoms in total. The lowest BCUT2D eigenvalue weighted by atomic mass is 10.2. The molecule has 0 heterocycles. The Morgan fingerprint density at radius 2 is 1.69 bits per heavy atom. The molecule has 0 spiro atoms. The van der Waals surface area contributed by atoms with Crippen LogP contribution in [-0.4, -0.2) is 38.4 Å².